The third kappa shape index (κ3) is 7.56. The van der Waals surface area contributed by atoms with Crippen LogP contribution < -0.4 is 5.32 Å². The molecule has 0 rings (SSSR count). The van der Waals surface area contributed by atoms with E-state index in [0.717, 1.165) is 32.6 Å². The van der Waals surface area contributed by atoms with Crippen LogP contribution in [0.4, 0.5) is 0 Å². The second-order valence-corrected chi connectivity index (χ2v) is 2.73. The van der Waals surface area contributed by atoms with E-state index in [1.807, 2.05) is 6.08 Å². The van der Waals surface area contributed by atoms with Gasteiger partial charge in [-0.05, 0) is 20.0 Å². The standard InChI is InChI=1S/C9H20N2/c1-4-6-8-11(3)9-7-10-5-2/h4,10H,1,5-9H2,2-3H3. The summed E-state index contributed by atoms with van der Waals surface area (Å²) < 4.78 is 0. The van der Waals surface area contributed by atoms with Gasteiger partial charge < -0.3 is 10.2 Å². The van der Waals surface area contributed by atoms with E-state index >= 15 is 0 Å². The molecule has 0 saturated carbocycles. The predicted octanol–water partition coefficient (Wildman–Crippen LogP) is 1.10. The van der Waals surface area contributed by atoms with E-state index in [2.05, 4.69) is 30.8 Å². The van der Waals surface area contributed by atoms with Crippen LogP contribution in [-0.2, 0) is 0 Å². The summed E-state index contributed by atoms with van der Waals surface area (Å²) in [4.78, 5) is 2.31. The maximum absolute atomic E-state index is 3.69. The molecule has 0 radical (unpaired) electrons. The van der Waals surface area contributed by atoms with Crippen LogP contribution in [0.5, 0.6) is 0 Å². The number of nitrogens with one attached hydrogen (secondary N) is 1. The van der Waals surface area contributed by atoms with Gasteiger partial charge in [0.2, 0.25) is 0 Å². The highest BCUT2D eigenvalue weighted by molar-refractivity contribution is 4.68. The van der Waals surface area contributed by atoms with Gasteiger partial charge in [0.15, 0.2) is 0 Å². The van der Waals surface area contributed by atoms with Crippen LogP contribution in [0.2, 0.25) is 0 Å². The van der Waals surface area contributed by atoms with Crippen LogP contribution >= 0.6 is 0 Å². The van der Waals surface area contributed by atoms with E-state index in [1.165, 1.54) is 0 Å². The van der Waals surface area contributed by atoms with Crippen LogP contribution in [0.1, 0.15) is 13.3 Å². The molecule has 0 bridgehead atoms. The van der Waals surface area contributed by atoms with E-state index in [-0.39, 0.29) is 0 Å². The summed E-state index contributed by atoms with van der Waals surface area (Å²) in [5.74, 6) is 0. The molecule has 0 heterocycles. The van der Waals surface area contributed by atoms with Crippen LogP contribution in [0.3, 0.4) is 0 Å². The van der Waals surface area contributed by atoms with E-state index in [1.54, 1.807) is 0 Å². The third-order valence-corrected chi connectivity index (χ3v) is 1.64. The quantitative estimate of drug-likeness (QED) is 0.439. The molecule has 0 fully saturated rings. The topological polar surface area (TPSA) is 15.3 Å². The minimum atomic E-state index is 1.06. The summed E-state index contributed by atoms with van der Waals surface area (Å²) in [6.45, 7) is 10.2. The highest BCUT2D eigenvalue weighted by Gasteiger charge is 1.93. The zero-order chi connectivity index (χ0) is 8.53. The fourth-order valence-electron chi connectivity index (χ4n) is 0.870. The Labute approximate surface area is 70.3 Å². The van der Waals surface area contributed by atoms with E-state index in [0.29, 0.717) is 0 Å². The lowest BCUT2D eigenvalue weighted by molar-refractivity contribution is 0.339. The van der Waals surface area contributed by atoms with Crippen molar-refractivity contribution in [1.29, 1.82) is 0 Å². The minimum Gasteiger partial charge on any atom is -0.316 e. The van der Waals surface area contributed by atoms with Crippen molar-refractivity contribution in [1.82, 2.24) is 10.2 Å². The molecule has 0 aliphatic rings. The molecule has 0 spiro atoms. The Bertz CT molecular complexity index is 91.6. The van der Waals surface area contributed by atoms with Gasteiger partial charge in [0, 0.05) is 19.6 Å². The highest BCUT2D eigenvalue weighted by Crippen LogP contribution is 1.85. The van der Waals surface area contributed by atoms with Crippen LogP contribution in [0.25, 0.3) is 0 Å². The molecule has 0 aromatic carbocycles. The second-order valence-electron chi connectivity index (χ2n) is 2.73. The highest BCUT2D eigenvalue weighted by atomic mass is 15.1. The third-order valence-electron chi connectivity index (χ3n) is 1.64. The van der Waals surface area contributed by atoms with Gasteiger partial charge in [-0.1, -0.05) is 13.0 Å². The van der Waals surface area contributed by atoms with Gasteiger partial charge in [-0.3, -0.25) is 0 Å². The number of hydrogen-bond acceptors (Lipinski definition) is 2. The van der Waals surface area contributed by atoms with Gasteiger partial charge in [0.1, 0.15) is 0 Å². The molecule has 66 valence electrons. The van der Waals surface area contributed by atoms with Crippen molar-refractivity contribution < 1.29 is 0 Å². The first-order chi connectivity index (χ1) is 5.31. The average molecular weight is 156 g/mol. The summed E-state index contributed by atoms with van der Waals surface area (Å²) in [5, 5.41) is 3.29. The smallest absolute Gasteiger partial charge is 0.0104 e. The summed E-state index contributed by atoms with van der Waals surface area (Å²) in [6.07, 6.45) is 3.05. The zero-order valence-electron chi connectivity index (χ0n) is 7.77. The lowest BCUT2D eigenvalue weighted by atomic mass is 10.4. The van der Waals surface area contributed by atoms with Crippen molar-refractivity contribution in [2.75, 3.05) is 33.2 Å². The first-order valence-electron chi connectivity index (χ1n) is 4.31. The van der Waals surface area contributed by atoms with Crippen molar-refractivity contribution in [3.63, 3.8) is 0 Å². The van der Waals surface area contributed by atoms with Crippen LogP contribution in [-0.4, -0.2) is 38.1 Å². The van der Waals surface area contributed by atoms with Gasteiger partial charge >= 0.3 is 0 Å². The van der Waals surface area contributed by atoms with E-state index < -0.39 is 0 Å². The van der Waals surface area contributed by atoms with Gasteiger partial charge in [0.25, 0.3) is 0 Å². The molecule has 2 nitrogen and oxygen atoms in total. The molecule has 2 heteroatoms. The SMILES string of the molecule is C=CCCN(C)CCNCC. The number of likely N-dealkylation sites (N-methyl/N-ethyl adjacent to an activating group) is 2. The second kappa shape index (κ2) is 7.76. The number of hydrogen-bond donors (Lipinski definition) is 1. The van der Waals surface area contributed by atoms with E-state index in [9.17, 15) is 0 Å². The molecule has 11 heavy (non-hydrogen) atoms. The van der Waals surface area contributed by atoms with Crippen molar-refractivity contribution in [2.45, 2.75) is 13.3 Å². The fraction of sp³-hybridized carbons (Fsp3) is 0.778. The Morgan fingerprint density at radius 2 is 2.18 bits per heavy atom. The number of nitrogens with zero attached hydrogens (tertiary/aromatic N) is 1. The Hall–Kier alpha value is -0.340. The maximum atomic E-state index is 3.69. The summed E-state index contributed by atoms with van der Waals surface area (Å²) in [6, 6.07) is 0. The molecule has 1 N–H and O–H groups in total. The van der Waals surface area contributed by atoms with Gasteiger partial charge in [-0.25, -0.2) is 0 Å². The Kier molecular flexibility index (Phi) is 7.52. The largest absolute Gasteiger partial charge is 0.316 e. The van der Waals surface area contributed by atoms with Crippen LogP contribution in [0.15, 0.2) is 12.7 Å². The molecule has 0 aliphatic carbocycles. The van der Waals surface area contributed by atoms with Crippen molar-refractivity contribution in [3.05, 3.63) is 12.7 Å². The first-order valence-corrected chi connectivity index (χ1v) is 4.31. The summed E-state index contributed by atoms with van der Waals surface area (Å²) in [5.41, 5.74) is 0. The number of rotatable bonds is 7. The Morgan fingerprint density at radius 1 is 1.45 bits per heavy atom. The Balaban J connectivity index is 3.08. The Morgan fingerprint density at radius 3 is 2.73 bits per heavy atom. The van der Waals surface area contributed by atoms with Gasteiger partial charge in [-0.2, -0.15) is 0 Å². The molecule has 0 saturated heterocycles. The first kappa shape index (κ1) is 10.7. The molecular formula is C9H20N2. The molecule has 0 aromatic rings. The lowest BCUT2D eigenvalue weighted by Crippen LogP contribution is -2.29. The normalized spacial score (nSPS) is 10.5. The zero-order valence-corrected chi connectivity index (χ0v) is 7.77. The molecule has 0 amide bonds. The lowest BCUT2D eigenvalue weighted by Gasteiger charge is -2.14. The fourth-order valence-corrected chi connectivity index (χ4v) is 0.870. The molecule has 0 aromatic heterocycles. The van der Waals surface area contributed by atoms with Gasteiger partial charge in [0.05, 0.1) is 0 Å². The monoisotopic (exact) mass is 156 g/mol. The molecule has 0 unspecified atom stereocenters. The van der Waals surface area contributed by atoms with E-state index in [4.69, 9.17) is 0 Å². The van der Waals surface area contributed by atoms with Crippen LogP contribution in [0, 0.1) is 0 Å². The summed E-state index contributed by atoms with van der Waals surface area (Å²) in [7, 11) is 2.14. The van der Waals surface area contributed by atoms with Crippen molar-refractivity contribution in [2.24, 2.45) is 0 Å². The van der Waals surface area contributed by atoms with Crippen molar-refractivity contribution >= 4 is 0 Å². The molecule has 0 aliphatic heterocycles. The maximum Gasteiger partial charge on any atom is 0.0104 e. The predicted molar refractivity (Wildman–Crippen MR) is 50.9 cm³/mol. The van der Waals surface area contributed by atoms with Gasteiger partial charge in [-0.15, -0.1) is 6.58 Å². The molecule has 0 atom stereocenters. The van der Waals surface area contributed by atoms with Crippen molar-refractivity contribution in [3.8, 4) is 0 Å². The summed E-state index contributed by atoms with van der Waals surface area (Å²) >= 11 is 0. The molecular weight excluding hydrogens is 136 g/mol. The minimum absolute atomic E-state index is 1.06. The average Bonchev–Trinajstić information content (AvgIpc) is 2.01.